The molecule has 0 atom stereocenters. The Bertz CT molecular complexity index is 538. The van der Waals surface area contributed by atoms with Crippen LogP contribution in [0.25, 0.3) is 0 Å². The molecule has 134 valence electrons. The fourth-order valence-corrected chi connectivity index (χ4v) is 2.74. The van der Waals surface area contributed by atoms with Crippen molar-refractivity contribution in [1.29, 1.82) is 5.41 Å². The number of rotatable bonds is 8. The van der Waals surface area contributed by atoms with E-state index >= 15 is 0 Å². The van der Waals surface area contributed by atoms with Gasteiger partial charge in [0.1, 0.15) is 0 Å². The zero-order chi connectivity index (χ0) is 18.1. The molecule has 1 rings (SSSR count). The lowest BCUT2D eigenvalue weighted by atomic mass is 10.0. The van der Waals surface area contributed by atoms with Crippen LogP contribution in [-0.2, 0) is 17.6 Å². The van der Waals surface area contributed by atoms with E-state index in [-0.39, 0.29) is 18.5 Å². The summed E-state index contributed by atoms with van der Waals surface area (Å²) in [7, 11) is 1.56. The first-order valence-corrected chi connectivity index (χ1v) is 8.54. The van der Waals surface area contributed by atoms with Gasteiger partial charge < -0.3 is 10.5 Å². The van der Waals surface area contributed by atoms with Crippen molar-refractivity contribution in [2.24, 2.45) is 5.73 Å². The van der Waals surface area contributed by atoms with Crippen LogP contribution >= 0.6 is 0 Å². The maximum Gasteiger partial charge on any atom is 0.331 e. The Morgan fingerprint density at radius 3 is 2.17 bits per heavy atom. The maximum absolute atomic E-state index is 13.1. The Morgan fingerprint density at radius 1 is 1.17 bits per heavy atom. The van der Waals surface area contributed by atoms with Crippen LogP contribution in [0.5, 0.6) is 0 Å². The van der Waals surface area contributed by atoms with E-state index in [4.69, 9.17) is 15.9 Å². The highest BCUT2D eigenvalue weighted by Crippen LogP contribution is 2.28. The van der Waals surface area contributed by atoms with Gasteiger partial charge in [0, 0.05) is 13.7 Å². The standard InChI is InChI=1S/C18H30N4O2/c1-5-11-21(18(23)22(17(19)20)12-13-24-4)16-14(6-2)9-8-10-15(16)7-3/h8-10H,5-7,11-13H2,1-4H3,(H3,19,20). The van der Waals surface area contributed by atoms with Crippen molar-refractivity contribution in [1.82, 2.24) is 4.90 Å². The molecule has 0 saturated carbocycles. The number of para-hydroxylation sites is 1. The number of amides is 2. The van der Waals surface area contributed by atoms with E-state index in [1.54, 1.807) is 12.0 Å². The fourth-order valence-electron chi connectivity index (χ4n) is 2.74. The fraction of sp³-hybridized carbons (Fsp3) is 0.556. The number of ether oxygens (including phenoxy) is 1. The minimum Gasteiger partial charge on any atom is -0.383 e. The molecule has 0 aliphatic heterocycles. The number of aryl methyl sites for hydroxylation is 2. The number of nitrogens with two attached hydrogens (primary N) is 1. The zero-order valence-electron chi connectivity index (χ0n) is 15.3. The number of urea groups is 1. The number of benzene rings is 1. The van der Waals surface area contributed by atoms with Crippen molar-refractivity contribution in [2.45, 2.75) is 40.0 Å². The number of carbonyl (C=O) groups is 1. The molecule has 1 aromatic rings. The summed E-state index contributed by atoms with van der Waals surface area (Å²) in [6.45, 7) is 7.39. The van der Waals surface area contributed by atoms with Crippen LogP contribution in [-0.4, -0.2) is 43.7 Å². The third-order valence-electron chi connectivity index (χ3n) is 3.95. The van der Waals surface area contributed by atoms with Crippen LogP contribution in [0, 0.1) is 5.41 Å². The molecule has 0 saturated heterocycles. The molecule has 0 aliphatic carbocycles. The van der Waals surface area contributed by atoms with Crippen LogP contribution < -0.4 is 10.6 Å². The van der Waals surface area contributed by atoms with E-state index in [9.17, 15) is 4.79 Å². The molecule has 0 aromatic heterocycles. The minimum atomic E-state index is -0.267. The SMILES string of the molecule is CCCN(C(=O)N(CCOC)C(=N)N)c1c(CC)cccc1CC. The summed E-state index contributed by atoms with van der Waals surface area (Å²) in [6, 6.07) is 5.87. The zero-order valence-corrected chi connectivity index (χ0v) is 15.3. The summed E-state index contributed by atoms with van der Waals surface area (Å²) in [5, 5.41) is 7.75. The second-order valence-electron chi connectivity index (χ2n) is 5.60. The van der Waals surface area contributed by atoms with Crippen molar-refractivity contribution >= 4 is 17.7 Å². The molecule has 0 radical (unpaired) electrons. The minimum absolute atomic E-state index is 0.259. The van der Waals surface area contributed by atoms with Crippen LogP contribution in [0.4, 0.5) is 10.5 Å². The number of guanidine groups is 1. The van der Waals surface area contributed by atoms with Crippen molar-refractivity contribution in [3.8, 4) is 0 Å². The van der Waals surface area contributed by atoms with Gasteiger partial charge in [-0.1, -0.05) is 39.0 Å². The number of methoxy groups -OCH3 is 1. The molecule has 1 aromatic carbocycles. The quantitative estimate of drug-likeness (QED) is 0.566. The molecule has 3 N–H and O–H groups in total. The van der Waals surface area contributed by atoms with E-state index in [0.717, 1.165) is 36.1 Å². The van der Waals surface area contributed by atoms with Crippen LogP contribution in [0.2, 0.25) is 0 Å². The average Bonchev–Trinajstić information content (AvgIpc) is 2.58. The highest BCUT2D eigenvalue weighted by atomic mass is 16.5. The van der Waals surface area contributed by atoms with Crippen LogP contribution in [0.15, 0.2) is 18.2 Å². The van der Waals surface area contributed by atoms with Gasteiger partial charge >= 0.3 is 6.03 Å². The predicted octanol–water partition coefficient (Wildman–Crippen LogP) is 2.99. The van der Waals surface area contributed by atoms with Crippen molar-refractivity contribution in [2.75, 3.05) is 31.7 Å². The highest BCUT2D eigenvalue weighted by molar-refractivity contribution is 6.03. The van der Waals surface area contributed by atoms with Crippen molar-refractivity contribution in [3.05, 3.63) is 29.3 Å². The van der Waals surface area contributed by atoms with Crippen molar-refractivity contribution in [3.63, 3.8) is 0 Å². The summed E-state index contributed by atoms with van der Waals surface area (Å²) in [5.41, 5.74) is 8.86. The molecule has 0 spiro atoms. The number of anilines is 1. The van der Waals surface area contributed by atoms with Gasteiger partial charge in [-0.3, -0.25) is 15.2 Å². The Kier molecular flexibility index (Phi) is 8.26. The smallest absolute Gasteiger partial charge is 0.331 e. The molecule has 0 aliphatic rings. The monoisotopic (exact) mass is 334 g/mol. The summed E-state index contributed by atoms with van der Waals surface area (Å²) < 4.78 is 5.04. The number of hydrogen-bond donors (Lipinski definition) is 2. The Morgan fingerprint density at radius 2 is 1.75 bits per heavy atom. The van der Waals surface area contributed by atoms with E-state index in [2.05, 4.69) is 26.0 Å². The third kappa shape index (κ3) is 4.71. The number of nitrogens with one attached hydrogen (secondary N) is 1. The van der Waals surface area contributed by atoms with Crippen LogP contribution in [0.3, 0.4) is 0 Å². The average molecular weight is 334 g/mol. The molecular weight excluding hydrogens is 304 g/mol. The molecule has 6 nitrogen and oxygen atoms in total. The topological polar surface area (TPSA) is 82.7 Å². The van der Waals surface area contributed by atoms with Gasteiger partial charge in [-0.2, -0.15) is 0 Å². The first-order valence-electron chi connectivity index (χ1n) is 8.54. The summed E-state index contributed by atoms with van der Waals surface area (Å²) >= 11 is 0. The molecule has 0 unspecified atom stereocenters. The van der Waals surface area contributed by atoms with E-state index < -0.39 is 0 Å². The lowest BCUT2D eigenvalue weighted by molar-refractivity contribution is 0.173. The van der Waals surface area contributed by atoms with Gasteiger partial charge in [-0.15, -0.1) is 0 Å². The molecule has 0 bridgehead atoms. The summed E-state index contributed by atoms with van der Waals surface area (Å²) in [6.07, 6.45) is 2.51. The first-order chi connectivity index (χ1) is 11.5. The van der Waals surface area contributed by atoms with E-state index in [1.807, 2.05) is 13.0 Å². The molecule has 24 heavy (non-hydrogen) atoms. The first kappa shape index (κ1) is 20.0. The Hall–Kier alpha value is -2.08. The van der Waals surface area contributed by atoms with Gasteiger partial charge in [-0.25, -0.2) is 4.79 Å². The maximum atomic E-state index is 13.1. The predicted molar refractivity (Wildman–Crippen MR) is 98.7 cm³/mol. The van der Waals surface area contributed by atoms with E-state index in [1.165, 1.54) is 4.90 Å². The molecule has 0 fully saturated rings. The largest absolute Gasteiger partial charge is 0.383 e. The van der Waals surface area contributed by atoms with Gasteiger partial charge in [0.2, 0.25) is 0 Å². The third-order valence-corrected chi connectivity index (χ3v) is 3.95. The molecule has 0 heterocycles. The molecule has 6 heteroatoms. The lowest BCUT2D eigenvalue weighted by Crippen LogP contribution is -2.51. The number of hydrogen-bond acceptors (Lipinski definition) is 3. The van der Waals surface area contributed by atoms with Gasteiger partial charge in [0.15, 0.2) is 5.96 Å². The Balaban J connectivity index is 3.31. The molecular formula is C18H30N4O2. The number of carbonyl (C=O) groups excluding carboxylic acids is 1. The van der Waals surface area contributed by atoms with Gasteiger partial charge in [0.25, 0.3) is 0 Å². The van der Waals surface area contributed by atoms with Gasteiger partial charge in [0.05, 0.1) is 18.8 Å². The Labute approximate surface area is 145 Å². The normalized spacial score (nSPS) is 10.5. The summed E-state index contributed by atoms with van der Waals surface area (Å²) in [5.74, 6) is -0.259. The van der Waals surface area contributed by atoms with Crippen LogP contribution in [0.1, 0.15) is 38.3 Å². The second-order valence-corrected chi connectivity index (χ2v) is 5.60. The lowest BCUT2D eigenvalue weighted by Gasteiger charge is -2.32. The summed E-state index contributed by atoms with van der Waals surface area (Å²) in [4.78, 5) is 16.1. The highest BCUT2D eigenvalue weighted by Gasteiger charge is 2.26. The second kappa shape index (κ2) is 9.93. The van der Waals surface area contributed by atoms with Crippen molar-refractivity contribution < 1.29 is 9.53 Å². The molecule has 2 amide bonds. The van der Waals surface area contributed by atoms with E-state index in [0.29, 0.717) is 13.2 Å². The number of nitrogens with zero attached hydrogens (tertiary/aromatic N) is 2. The van der Waals surface area contributed by atoms with Gasteiger partial charge in [-0.05, 0) is 30.4 Å².